The Bertz CT molecular complexity index is 702. The predicted molar refractivity (Wildman–Crippen MR) is 119 cm³/mol. The molecule has 1 aliphatic heterocycles. The Balaban J connectivity index is 1.35. The first kappa shape index (κ1) is 24.5. The summed E-state index contributed by atoms with van der Waals surface area (Å²) in [5, 5.41) is 18.2. The molecule has 178 valence electrons. The smallest absolute Gasteiger partial charge is 0.336 e. The highest BCUT2D eigenvalue weighted by Gasteiger charge is 2.46. The number of carbonyl (C=O) groups is 2. The number of rotatable bonds is 12. The van der Waals surface area contributed by atoms with Crippen molar-refractivity contribution < 1.29 is 34.0 Å². The van der Waals surface area contributed by atoms with Crippen molar-refractivity contribution in [2.75, 3.05) is 6.61 Å². The number of carboxylic acid groups (broad SMARTS) is 2. The predicted octanol–water partition coefficient (Wildman–Crippen LogP) is 5.18. The van der Waals surface area contributed by atoms with Crippen molar-refractivity contribution >= 4 is 11.9 Å². The van der Waals surface area contributed by atoms with Gasteiger partial charge in [-0.25, -0.2) is 9.59 Å². The Labute approximate surface area is 190 Å². The second-order valence-corrected chi connectivity index (χ2v) is 9.06. The molecule has 0 bridgehead atoms. The number of hydrogen-bond donors (Lipinski definition) is 2. The topological polar surface area (TPSA) is 102 Å². The van der Waals surface area contributed by atoms with Crippen molar-refractivity contribution in [1.29, 1.82) is 0 Å². The maximum atomic E-state index is 11.2. The summed E-state index contributed by atoms with van der Waals surface area (Å²) in [5.41, 5.74) is 0.558. The molecule has 1 saturated heterocycles. The Kier molecular flexibility index (Phi) is 9.36. The van der Waals surface area contributed by atoms with Gasteiger partial charge in [0.2, 0.25) is 0 Å². The third kappa shape index (κ3) is 6.94. The van der Waals surface area contributed by atoms with Crippen LogP contribution < -0.4 is 4.74 Å². The van der Waals surface area contributed by atoms with Crippen molar-refractivity contribution in [1.82, 2.24) is 0 Å². The molecule has 0 radical (unpaired) electrons. The summed E-state index contributed by atoms with van der Waals surface area (Å²) < 4.78 is 16.4. The first-order valence-electron chi connectivity index (χ1n) is 12.0. The van der Waals surface area contributed by atoms with Gasteiger partial charge in [0, 0.05) is 5.56 Å². The first-order chi connectivity index (χ1) is 15.5. The lowest BCUT2D eigenvalue weighted by atomic mass is 9.78. The zero-order valence-corrected chi connectivity index (χ0v) is 18.9. The summed E-state index contributed by atoms with van der Waals surface area (Å²) in [5.74, 6) is -0.230. The lowest BCUT2D eigenvalue weighted by molar-refractivity contribution is -0.156. The van der Waals surface area contributed by atoms with Crippen LogP contribution in [0.15, 0.2) is 24.3 Å². The van der Waals surface area contributed by atoms with Crippen molar-refractivity contribution in [3.63, 3.8) is 0 Å². The zero-order chi connectivity index (χ0) is 22.9. The highest BCUT2D eigenvalue weighted by atomic mass is 16.7. The van der Waals surface area contributed by atoms with Crippen LogP contribution in [-0.2, 0) is 19.1 Å². The maximum absolute atomic E-state index is 11.2. The molecule has 7 heteroatoms. The summed E-state index contributed by atoms with van der Waals surface area (Å²) in [6.45, 7) is 2.92. The van der Waals surface area contributed by atoms with Crippen molar-refractivity contribution in [2.24, 2.45) is 11.8 Å². The van der Waals surface area contributed by atoms with Crippen LogP contribution >= 0.6 is 0 Å². The van der Waals surface area contributed by atoms with Gasteiger partial charge < -0.3 is 24.4 Å². The Morgan fingerprint density at radius 1 is 0.875 bits per heavy atom. The van der Waals surface area contributed by atoms with Crippen LogP contribution in [0.3, 0.4) is 0 Å². The number of aliphatic carboxylic acids is 2. The van der Waals surface area contributed by atoms with E-state index in [2.05, 4.69) is 6.92 Å². The normalized spacial score (nSPS) is 26.2. The van der Waals surface area contributed by atoms with Gasteiger partial charge in [-0.15, -0.1) is 0 Å². The molecule has 2 atom stereocenters. The molecule has 1 saturated carbocycles. The van der Waals surface area contributed by atoms with E-state index in [-0.39, 0.29) is 0 Å². The van der Waals surface area contributed by atoms with Crippen molar-refractivity contribution in [3.8, 4) is 5.75 Å². The quantitative estimate of drug-likeness (QED) is 0.425. The van der Waals surface area contributed by atoms with E-state index in [1.54, 1.807) is 24.3 Å². The molecule has 1 aliphatic carbocycles. The Hall–Kier alpha value is -2.12. The van der Waals surface area contributed by atoms with Gasteiger partial charge in [-0.1, -0.05) is 70.4 Å². The van der Waals surface area contributed by atoms with Crippen molar-refractivity contribution in [3.05, 3.63) is 29.8 Å². The summed E-state index contributed by atoms with van der Waals surface area (Å²) in [6.07, 6.45) is 9.08. The lowest BCUT2D eigenvalue weighted by Gasteiger charge is -2.28. The van der Waals surface area contributed by atoms with Crippen LogP contribution in [0.25, 0.3) is 0 Å². The number of carboxylic acids is 2. The molecule has 0 amide bonds. The summed E-state index contributed by atoms with van der Waals surface area (Å²) in [4.78, 5) is 22.4. The summed E-state index contributed by atoms with van der Waals surface area (Å²) in [7, 11) is 0. The fourth-order valence-electron chi connectivity index (χ4n) is 4.75. The van der Waals surface area contributed by atoms with Gasteiger partial charge in [0.1, 0.15) is 5.75 Å². The molecule has 2 N–H and O–H groups in total. The number of unbranched alkanes of at least 4 members (excludes halogenated alkanes) is 2. The minimum absolute atomic E-state index is 0.558. The second-order valence-electron chi connectivity index (χ2n) is 9.06. The number of benzene rings is 1. The van der Waals surface area contributed by atoms with Gasteiger partial charge in [0.25, 0.3) is 0 Å². The van der Waals surface area contributed by atoms with E-state index in [0.29, 0.717) is 12.2 Å². The summed E-state index contributed by atoms with van der Waals surface area (Å²) in [6, 6.07) is 6.97. The van der Waals surface area contributed by atoms with E-state index in [4.69, 9.17) is 24.4 Å². The number of hydrogen-bond acceptors (Lipinski definition) is 5. The lowest BCUT2D eigenvalue weighted by Crippen LogP contribution is -2.36. The molecule has 1 aromatic carbocycles. The minimum atomic E-state index is -1.53. The SMILES string of the molecule is CCCCC[C@H]1CC[C@H](CCCOc2ccc(C3O[C@@H](C(=O)O)[C@H](C(=O)O)O3)cc2)CC1. The van der Waals surface area contributed by atoms with Gasteiger partial charge in [0.15, 0.2) is 18.5 Å². The van der Waals surface area contributed by atoms with Crippen LogP contribution in [0.5, 0.6) is 5.75 Å². The van der Waals surface area contributed by atoms with Crippen LogP contribution in [0, 0.1) is 11.8 Å². The molecule has 32 heavy (non-hydrogen) atoms. The van der Waals surface area contributed by atoms with E-state index in [1.807, 2.05) is 0 Å². The van der Waals surface area contributed by atoms with Crippen molar-refractivity contribution in [2.45, 2.75) is 89.6 Å². The Morgan fingerprint density at radius 3 is 1.91 bits per heavy atom. The van der Waals surface area contributed by atoms with Crippen LogP contribution in [0.1, 0.15) is 83.0 Å². The molecule has 1 aromatic rings. The van der Waals surface area contributed by atoms with E-state index in [9.17, 15) is 9.59 Å². The third-order valence-corrected chi connectivity index (χ3v) is 6.66. The average molecular weight is 449 g/mol. The largest absolute Gasteiger partial charge is 0.494 e. The van der Waals surface area contributed by atoms with Crippen LogP contribution in [0.2, 0.25) is 0 Å². The van der Waals surface area contributed by atoms with Gasteiger partial charge in [-0.3, -0.25) is 0 Å². The molecule has 7 nitrogen and oxygen atoms in total. The standard InChI is InChI=1S/C25H36O7/c1-2-3-4-6-17-8-10-18(11-9-17)7-5-16-30-20-14-12-19(13-15-20)25-31-21(23(26)27)22(32-25)24(28)29/h12-15,17-18,21-22,25H,2-11,16H2,1H3,(H,26,27)(H,28,29)/t17-,18-,21-,22-/m1/s1. The molecule has 1 heterocycles. The van der Waals surface area contributed by atoms with Gasteiger partial charge in [-0.2, -0.15) is 0 Å². The number of ether oxygens (including phenoxy) is 3. The van der Waals surface area contributed by atoms with Crippen LogP contribution in [-0.4, -0.2) is 41.0 Å². The highest BCUT2D eigenvalue weighted by Crippen LogP contribution is 2.35. The van der Waals surface area contributed by atoms with E-state index < -0.39 is 30.4 Å². The molecule has 3 rings (SSSR count). The molecule has 2 aliphatic rings. The second kappa shape index (κ2) is 12.2. The average Bonchev–Trinajstić information content (AvgIpc) is 3.25. The highest BCUT2D eigenvalue weighted by molar-refractivity contribution is 5.84. The molecule has 0 aromatic heterocycles. The fourth-order valence-corrected chi connectivity index (χ4v) is 4.75. The zero-order valence-electron chi connectivity index (χ0n) is 18.9. The van der Waals surface area contributed by atoms with E-state index in [0.717, 1.165) is 24.0 Å². The first-order valence-corrected chi connectivity index (χ1v) is 12.0. The fraction of sp³-hybridized carbons (Fsp3) is 0.680. The molecule has 0 spiro atoms. The third-order valence-electron chi connectivity index (χ3n) is 6.66. The monoisotopic (exact) mass is 448 g/mol. The Morgan fingerprint density at radius 2 is 1.41 bits per heavy atom. The van der Waals surface area contributed by atoms with Crippen LogP contribution in [0.4, 0.5) is 0 Å². The maximum Gasteiger partial charge on any atom is 0.336 e. The van der Waals surface area contributed by atoms with Gasteiger partial charge >= 0.3 is 11.9 Å². The van der Waals surface area contributed by atoms with E-state index >= 15 is 0 Å². The molecular formula is C25H36O7. The molecular weight excluding hydrogens is 412 g/mol. The molecule has 0 unspecified atom stereocenters. The van der Waals surface area contributed by atoms with E-state index in [1.165, 1.54) is 57.8 Å². The minimum Gasteiger partial charge on any atom is -0.494 e. The molecule has 2 fully saturated rings. The van der Waals surface area contributed by atoms with Gasteiger partial charge in [-0.05, 0) is 36.8 Å². The van der Waals surface area contributed by atoms with Gasteiger partial charge in [0.05, 0.1) is 6.61 Å². The summed E-state index contributed by atoms with van der Waals surface area (Å²) >= 11 is 0.